The SMILES string of the molecule is C=C[C@H]1CC(C(=O)c2ccccc2)=C2C=CC=CN21. The van der Waals surface area contributed by atoms with E-state index >= 15 is 0 Å². The minimum Gasteiger partial charge on any atom is -0.340 e. The quantitative estimate of drug-likeness (QED) is 0.604. The van der Waals surface area contributed by atoms with Crippen LogP contribution in [-0.2, 0) is 0 Å². The number of Topliss-reactive ketones (excluding diaryl/α,β-unsaturated/α-hetero) is 1. The second-order valence-corrected chi connectivity index (χ2v) is 4.67. The summed E-state index contributed by atoms with van der Waals surface area (Å²) in [6, 6.07) is 9.62. The van der Waals surface area contributed by atoms with E-state index < -0.39 is 0 Å². The Morgan fingerprint density at radius 2 is 2.05 bits per heavy atom. The Hall–Kier alpha value is -2.35. The van der Waals surface area contributed by atoms with Crippen LogP contribution in [0, 0.1) is 0 Å². The van der Waals surface area contributed by atoms with E-state index in [0.717, 1.165) is 23.3 Å². The molecule has 1 atom stereocenters. The summed E-state index contributed by atoms with van der Waals surface area (Å²) in [4.78, 5) is 14.7. The number of carbonyl (C=O) groups is 1. The summed E-state index contributed by atoms with van der Waals surface area (Å²) in [6.07, 6.45) is 10.6. The topological polar surface area (TPSA) is 20.3 Å². The molecule has 19 heavy (non-hydrogen) atoms. The fraction of sp³-hybridized carbons (Fsp3) is 0.118. The van der Waals surface area contributed by atoms with Gasteiger partial charge in [-0.2, -0.15) is 0 Å². The summed E-state index contributed by atoms with van der Waals surface area (Å²) in [5.41, 5.74) is 2.62. The van der Waals surface area contributed by atoms with Crippen LogP contribution in [0.2, 0.25) is 0 Å². The van der Waals surface area contributed by atoms with Crippen molar-refractivity contribution in [1.82, 2.24) is 4.90 Å². The van der Waals surface area contributed by atoms with Gasteiger partial charge in [0.25, 0.3) is 0 Å². The molecule has 0 amide bonds. The van der Waals surface area contributed by atoms with Gasteiger partial charge in [0, 0.05) is 29.5 Å². The first-order chi connectivity index (χ1) is 9.31. The maximum atomic E-state index is 12.6. The number of rotatable bonds is 3. The third-order valence-electron chi connectivity index (χ3n) is 3.55. The fourth-order valence-electron chi connectivity index (χ4n) is 2.58. The molecule has 3 rings (SSSR count). The summed E-state index contributed by atoms with van der Waals surface area (Å²) < 4.78 is 0. The lowest BCUT2D eigenvalue weighted by molar-refractivity contribution is 0.103. The normalized spacial score (nSPS) is 20.6. The van der Waals surface area contributed by atoms with E-state index in [-0.39, 0.29) is 11.8 Å². The summed E-state index contributed by atoms with van der Waals surface area (Å²) in [6.45, 7) is 3.86. The summed E-state index contributed by atoms with van der Waals surface area (Å²) in [5, 5.41) is 0. The van der Waals surface area contributed by atoms with Gasteiger partial charge in [-0.1, -0.05) is 42.5 Å². The van der Waals surface area contributed by atoms with Crippen LogP contribution in [0.5, 0.6) is 0 Å². The third kappa shape index (κ3) is 1.95. The summed E-state index contributed by atoms with van der Waals surface area (Å²) in [5.74, 6) is 0.116. The highest BCUT2D eigenvalue weighted by atomic mass is 16.1. The zero-order valence-electron chi connectivity index (χ0n) is 10.6. The van der Waals surface area contributed by atoms with Crippen LogP contribution in [0.4, 0.5) is 0 Å². The van der Waals surface area contributed by atoms with Crippen molar-refractivity contribution in [1.29, 1.82) is 0 Å². The van der Waals surface area contributed by atoms with E-state index in [4.69, 9.17) is 0 Å². The maximum absolute atomic E-state index is 12.6. The molecule has 0 spiro atoms. The predicted octanol–water partition coefficient (Wildman–Crippen LogP) is 3.47. The lowest BCUT2D eigenvalue weighted by Gasteiger charge is -2.23. The average Bonchev–Trinajstić information content (AvgIpc) is 2.86. The fourth-order valence-corrected chi connectivity index (χ4v) is 2.58. The number of nitrogens with zero attached hydrogens (tertiary/aromatic N) is 1. The van der Waals surface area contributed by atoms with Gasteiger partial charge in [0.1, 0.15) is 0 Å². The first-order valence-electron chi connectivity index (χ1n) is 6.40. The molecule has 2 heterocycles. The number of allylic oxidation sites excluding steroid dienone is 3. The van der Waals surface area contributed by atoms with Crippen LogP contribution in [-0.4, -0.2) is 16.7 Å². The number of carbonyl (C=O) groups excluding carboxylic acids is 1. The molecule has 2 nitrogen and oxygen atoms in total. The highest BCUT2D eigenvalue weighted by Gasteiger charge is 2.31. The largest absolute Gasteiger partial charge is 0.340 e. The van der Waals surface area contributed by atoms with Gasteiger partial charge in [-0.15, -0.1) is 6.58 Å². The molecule has 1 aromatic carbocycles. The van der Waals surface area contributed by atoms with Gasteiger partial charge in [0.15, 0.2) is 5.78 Å². The Kier molecular flexibility index (Phi) is 2.92. The Labute approximate surface area is 113 Å². The van der Waals surface area contributed by atoms with Crippen LogP contribution >= 0.6 is 0 Å². The number of hydrogen-bond donors (Lipinski definition) is 0. The van der Waals surface area contributed by atoms with Crippen LogP contribution in [0.15, 0.2) is 78.7 Å². The van der Waals surface area contributed by atoms with E-state index in [2.05, 4.69) is 11.5 Å². The highest BCUT2D eigenvalue weighted by molar-refractivity contribution is 6.09. The van der Waals surface area contributed by atoms with Gasteiger partial charge < -0.3 is 4.90 Å². The molecule has 2 heteroatoms. The highest BCUT2D eigenvalue weighted by Crippen LogP contribution is 2.34. The molecule has 94 valence electrons. The smallest absolute Gasteiger partial charge is 0.191 e. The van der Waals surface area contributed by atoms with Crippen LogP contribution in [0.3, 0.4) is 0 Å². The van der Waals surface area contributed by atoms with E-state index in [1.54, 1.807) is 0 Å². The number of ketones is 1. The molecular weight excluding hydrogens is 234 g/mol. The predicted molar refractivity (Wildman–Crippen MR) is 76.5 cm³/mol. The lowest BCUT2D eigenvalue weighted by Crippen LogP contribution is -2.22. The monoisotopic (exact) mass is 249 g/mol. The van der Waals surface area contributed by atoms with Gasteiger partial charge in [-0.05, 0) is 12.2 Å². The number of hydrogen-bond acceptors (Lipinski definition) is 2. The van der Waals surface area contributed by atoms with Crippen LogP contribution < -0.4 is 0 Å². The molecule has 0 saturated carbocycles. The molecule has 0 saturated heterocycles. The second kappa shape index (κ2) is 4.73. The molecule has 1 aromatic rings. The van der Waals surface area contributed by atoms with Crippen molar-refractivity contribution in [2.45, 2.75) is 12.5 Å². The molecule has 0 N–H and O–H groups in total. The van der Waals surface area contributed by atoms with Crippen molar-refractivity contribution in [3.63, 3.8) is 0 Å². The first-order valence-corrected chi connectivity index (χ1v) is 6.40. The Balaban J connectivity index is 2.00. The van der Waals surface area contributed by atoms with E-state index in [0.29, 0.717) is 0 Å². The van der Waals surface area contributed by atoms with Crippen molar-refractivity contribution >= 4 is 5.78 Å². The van der Waals surface area contributed by atoms with E-state index in [1.165, 1.54) is 0 Å². The van der Waals surface area contributed by atoms with Crippen LogP contribution in [0.25, 0.3) is 0 Å². The third-order valence-corrected chi connectivity index (χ3v) is 3.55. The summed E-state index contributed by atoms with van der Waals surface area (Å²) >= 11 is 0. The molecule has 0 aromatic heterocycles. The van der Waals surface area contributed by atoms with Gasteiger partial charge in [-0.25, -0.2) is 0 Å². The molecule has 0 bridgehead atoms. The minimum absolute atomic E-state index is 0.116. The molecule has 0 unspecified atom stereocenters. The number of fused-ring (bicyclic) bond motifs is 1. The second-order valence-electron chi connectivity index (χ2n) is 4.67. The molecule has 2 aliphatic heterocycles. The lowest BCUT2D eigenvalue weighted by atomic mass is 9.99. The average molecular weight is 249 g/mol. The Bertz CT molecular complexity index is 607. The zero-order valence-corrected chi connectivity index (χ0v) is 10.6. The van der Waals surface area contributed by atoms with Crippen LogP contribution in [0.1, 0.15) is 16.8 Å². The van der Waals surface area contributed by atoms with E-state index in [1.807, 2.05) is 60.8 Å². The van der Waals surface area contributed by atoms with Gasteiger partial charge >= 0.3 is 0 Å². The standard InChI is InChI=1S/C17H15NO/c1-2-14-12-15(16-10-6-7-11-18(14)16)17(19)13-8-4-3-5-9-13/h2-11,14H,1,12H2/t14-/m0/s1. The van der Waals surface area contributed by atoms with Crippen molar-refractivity contribution in [2.75, 3.05) is 0 Å². The van der Waals surface area contributed by atoms with Gasteiger partial charge in [0.05, 0.1) is 6.04 Å². The summed E-state index contributed by atoms with van der Waals surface area (Å²) in [7, 11) is 0. The number of benzene rings is 1. The minimum atomic E-state index is 0.116. The zero-order chi connectivity index (χ0) is 13.2. The molecular formula is C17H15NO. The van der Waals surface area contributed by atoms with Gasteiger partial charge in [0.2, 0.25) is 0 Å². The molecule has 0 radical (unpaired) electrons. The van der Waals surface area contributed by atoms with Crippen molar-refractivity contribution in [3.05, 3.63) is 84.2 Å². The van der Waals surface area contributed by atoms with Crippen molar-refractivity contribution in [2.24, 2.45) is 0 Å². The van der Waals surface area contributed by atoms with Crippen molar-refractivity contribution < 1.29 is 4.79 Å². The maximum Gasteiger partial charge on any atom is 0.191 e. The van der Waals surface area contributed by atoms with Gasteiger partial charge in [-0.3, -0.25) is 4.79 Å². The molecule has 0 fully saturated rings. The molecule has 0 aliphatic carbocycles. The Morgan fingerprint density at radius 1 is 1.26 bits per heavy atom. The first kappa shape index (κ1) is 11.7. The van der Waals surface area contributed by atoms with Crippen molar-refractivity contribution in [3.8, 4) is 0 Å². The Morgan fingerprint density at radius 3 is 2.79 bits per heavy atom. The molecule has 2 aliphatic rings. The van der Waals surface area contributed by atoms with E-state index in [9.17, 15) is 4.79 Å².